The average molecular weight is 535 g/mol. The molecule has 5 N–H and O–H groups in total. The van der Waals surface area contributed by atoms with Crippen molar-refractivity contribution < 1.29 is 18.3 Å². The minimum absolute atomic E-state index is 0.0807. The van der Waals surface area contributed by atoms with Gasteiger partial charge in [-0.2, -0.15) is 0 Å². The molecule has 0 bridgehead atoms. The number of methoxy groups -OCH3 is 1. The predicted octanol–water partition coefficient (Wildman–Crippen LogP) is 6.03. The number of piperidine rings is 1. The van der Waals surface area contributed by atoms with E-state index in [-0.39, 0.29) is 5.69 Å². The number of aromatic amines is 1. The summed E-state index contributed by atoms with van der Waals surface area (Å²) in [5, 5.41) is 6.98. The van der Waals surface area contributed by atoms with Crippen LogP contribution >= 0.6 is 0 Å². The number of rotatable bonds is 9. The second-order valence-electron chi connectivity index (χ2n) is 9.83. The molecule has 3 heterocycles. The second-order valence-corrected chi connectivity index (χ2v) is 9.83. The fraction of sp³-hybridized carbons (Fsp3) is 0.310. The van der Waals surface area contributed by atoms with E-state index in [4.69, 9.17) is 10.5 Å². The number of carbonyl (C=O) groups excluding carboxylic acids is 1. The molecule has 1 fully saturated rings. The van der Waals surface area contributed by atoms with Gasteiger partial charge in [0, 0.05) is 11.5 Å². The van der Waals surface area contributed by atoms with Crippen LogP contribution in [-0.4, -0.2) is 47.5 Å². The minimum atomic E-state index is -1.04. The molecule has 1 amide bonds. The molecule has 0 saturated carbocycles. The van der Waals surface area contributed by atoms with Crippen LogP contribution in [0.25, 0.3) is 10.9 Å². The molecule has 1 saturated heterocycles. The molecule has 4 aromatic rings. The van der Waals surface area contributed by atoms with Crippen molar-refractivity contribution in [2.45, 2.75) is 32.1 Å². The number of aromatic nitrogens is 2. The number of primary amides is 1. The Labute approximate surface area is 225 Å². The number of carbonyl (C=O) groups is 1. The number of halogens is 2. The maximum atomic E-state index is 14.3. The highest BCUT2D eigenvalue weighted by Gasteiger charge is 2.22. The smallest absolute Gasteiger partial charge is 0.253 e. The molecule has 204 valence electrons. The van der Waals surface area contributed by atoms with Crippen molar-refractivity contribution in [3.05, 3.63) is 71.6 Å². The van der Waals surface area contributed by atoms with Crippen LogP contribution in [0.2, 0.25) is 0 Å². The first kappa shape index (κ1) is 26.4. The van der Waals surface area contributed by atoms with Crippen molar-refractivity contribution in [2.24, 2.45) is 5.73 Å². The van der Waals surface area contributed by atoms with Crippen LogP contribution in [0.4, 0.5) is 31.7 Å². The Kier molecular flexibility index (Phi) is 7.65. The van der Waals surface area contributed by atoms with E-state index in [0.29, 0.717) is 34.4 Å². The van der Waals surface area contributed by atoms with E-state index in [1.54, 1.807) is 13.3 Å². The molecule has 0 unspecified atom stereocenters. The number of H-pyrrole nitrogens is 1. The highest BCUT2D eigenvalue weighted by molar-refractivity contribution is 6.02. The number of likely N-dealkylation sites (tertiary alicyclic amines) is 1. The molecule has 5 rings (SSSR count). The number of fused-ring (bicyclic) bond motifs is 1. The highest BCUT2D eigenvalue weighted by atomic mass is 19.1. The van der Waals surface area contributed by atoms with E-state index < -0.39 is 23.1 Å². The summed E-state index contributed by atoms with van der Waals surface area (Å²) in [6, 6.07) is 9.75. The average Bonchev–Trinajstić information content (AvgIpc) is 3.32. The lowest BCUT2D eigenvalue weighted by atomic mass is 9.89. The molecule has 2 aromatic heterocycles. The molecule has 2 aromatic carbocycles. The second kappa shape index (κ2) is 11.3. The number of nitrogens with zero attached hydrogens (tertiary/aromatic N) is 2. The van der Waals surface area contributed by atoms with Gasteiger partial charge in [-0.05, 0) is 74.6 Å². The number of anilines is 4. The van der Waals surface area contributed by atoms with Crippen LogP contribution in [0.15, 0.2) is 48.8 Å². The SMILES string of the molecule is CCCN1CCC(c2ccc(Nc3cc4c(Nc5cc(F)cc(F)c5C(N)=O)cncc4[nH]3)c(OC)c2)CC1. The number of nitrogens with one attached hydrogen (secondary N) is 3. The molecule has 0 atom stereocenters. The van der Waals surface area contributed by atoms with Gasteiger partial charge in [-0.1, -0.05) is 13.0 Å². The first-order chi connectivity index (χ1) is 18.9. The van der Waals surface area contributed by atoms with Crippen LogP contribution in [0.1, 0.15) is 48.0 Å². The van der Waals surface area contributed by atoms with Gasteiger partial charge in [-0.15, -0.1) is 0 Å². The Morgan fingerprint density at radius 1 is 1.10 bits per heavy atom. The fourth-order valence-electron chi connectivity index (χ4n) is 5.30. The zero-order chi connectivity index (χ0) is 27.5. The Morgan fingerprint density at radius 3 is 2.62 bits per heavy atom. The maximum Gasteiger partial charge on any atom is 0.253 e. The van der Waals surface area contributed by atoms with Gasteiger partial charge < -0.3 is 31.0 Å². The zero-order valence-electron chi connectivity index (χ0n) is 22.0. The van der Waals surface area contributed by atoms with E-state index in [1.807, 2.05) is 12.1 Å². The molecule has 0 radical (unpaired) electrons. The minimum Gasteiger partial charge on any atom is -0.495 e. The van der Waals surface area contributed by atoms with Crippen molar-refractivity contribution in [1.29, 1.82) is 0 Å². The lowest BCUT2D eigenvalue weighted by Gasteiger charge is -2.32. The number of nitrogens with two attached hydrogens (primary N) is 1. The topological polar surface area (TPSA) is 108 Å². The monoisotopic (exact) mass is 534 g/mol. The van der Waals surface area contributed by atoms with Crippen molar-refractivity contribution >= 4 is 39.7 Å². The molecule has 0 aliphatic carbocycles. The van der Waals surface area contributed by atoms with Crippen LogP contribution in [-0.2, 0) is 0 Å². The number of benzene rings is 2. The third-order valence-corrected chi connectivity index (χ3v) is 7.21. The molecular formula is C29H32F2N6O2. The third kappa shape index (κ3) is 5.65. The van der Waals surface area contributed by atoms with Gasteiger partial charge in [0.05, 0.1) is 47.6 Å². The van der Waals surface area contributed by atoms with Gasteiger partial charge in [0.2, 0.25) is 0 Å². The summed E-state index contributed by atoms with van der Waals surface area (Å²) < 4.78 is 33.9. The van der Waals surface area contributed by atoms with Gasteiger partial charge in [0.25, 0.3) is 5.91 Å². The van der Waals surface area contributed by atoms with Crippen molar-refractivity contribution in [2.75, 3.05) is 37.4 Å². The zero-order valence-corrected chi connectivity index (χ0v) is 22.0. The Hall–Kier alpha value is -4.18. The summed E-state index contributed by atoms with van der Waals surface area (Å²) in [5.41, 5.74) is 8.02. The lowest BCUT2D eigenvalue weighted by molar-refractivity contribution is 0.0997. The first-order valence-corrected chi connectivity index (χ1v) is 13.1. The fourth-order valence-corrected chi connectivity index (χ4v) is 5.30. The Balaban J connectivity index is 1.38. The van der Waals surface area contributed by atoms with Crippen LogP contribution in [0.5, 0.6) is 5.75 Å². The van der Waals surface area contributed by atoms with E-state index >= 15 is 0 Å². The standard InChI is InChI=1S/C29H32F2N6O2/c1-3-8-37-9-6-17(7-10-37)18-4-5-22(26(11-18)39-2)35-27-14-20-24(15-33-16-25(20)36-27)34-23-13-19(30)12-21(31)28(23)29(32)38/h4-5,11-17,34-36H,3,6-10H2,1-2H3,(H2,32,38). The van der Waals surface area contributed by atoms with Gasteiger partial charge in [0.15, 0.2) is 0 Å². The predicted molar refractivity (Wildman–Crippen MR) is 149 cm³/mol. The van der Waals surface area contributed by atoms with Gasteiger partial charge >= 0.3 is 0 Å². The molecule has 8 nitrogen and oxygen atoms in total. The van der Waals surface area contributed by atoms with Crippen molar-refractivity contribution in [3.8, 4) is 5.75 Å². The summed E-state index contributed by atoms with van der Waals surface area (Å²) >= 11 is 0. The van der Waals surface area contributed by atoms with E-state index in [1.165, 1.54) is 18.2 Å². The third-order valence-electron chi connectivity index (χ3n) is 7.21. The van der Waals surface area contributed by atoms with E-state index in [2.05, 4.69) is 44.6 Å². The van der Waals surface area contributed by atoms with Gasteiger partial charge in [-0.3, -0.25) is 9.78 Å². The van der Waals surface area contributed by atoms with Crippen LogP contribution in [0, 0.1) is 11.6 Å². The Bertz CT molecular complexity index is 1500. The van der Waals surface area contributed by atoms with Crippen molar-refractivity contribution in [1.82, 2.24) is 14.9 Å². The quantitative estimate of drug-likeness (QED) is 0.209. The normalized spacial score (nSPS) is 14.5. The Morgan fingerprint density at radius 2 is 1.90 bits per heavy atom. The molecule has 0 spiro atoms. The number of hydrogen-bond donors (Lipinski definition) is 4. The summed E-state index contributed by atoms with van der Waals surface area (Å²) in [4.78, 5) is 21.8. The van der Waals surface area contributed by atoms with E-state index in [9.17, 15) is 13.6 Å². The summed E-state index contributed by atoms with van der Waals surface area (Å²) in [5.74, 6) is -0.969. The molecule has 1 aliphatic rings. The van der Waals surface area contributed by atoms with Gasteiger partial charge in [-0.25, -0.2) is 8.78 Å². The summed E-state index contributed by atoms with van der Waals surface area (Å²) in [6.45, 7) is 5.60. The van der Waals surface area contributed by atoms with Crippen LogP contribution < -0.4 is 21.1 Å². The molecule has 39 heavy (non-hydrogen) atoms. The van der Waals surface area contributed by atoms with E-state index in [0.717, 1.165) is 50.0 Å². The molecular weight excluding hydrogens is 502 g/mol. The highest BCUT2D eigenvalue weighted by Crippen LogP contribution is 2.36. The first-order valence-electron chi connectivity index (χ1n) is 13.1. The number of pyridine rings is 1. The molecule has 10 heteroatoms. The largest absolute Gasteiger partial charge is 0.495 e. The number of ether oxygens (including phenoxy) is 1. The number of hydrogen-bond acceptors (Lipinski definition) is 6. The van der Waals surface area contributed by atoms with Crippen molar-refractivity contribution in [3.63, 3.8) is 0 Å². The maximum absolute atomic E-state index is 14.3. The molecule has 1 aliphatic heterocycles. The van der Waals surface area contributed by atoms with Gasteiger partial charge in [0.1, 0.15) is 23.2 Å². The lowest BCUT2D eigenvalue weighted by Crippen LogP contribution is -2.33. The van der Waals surface area contributed by atoms with Crippen LogP contribution in [0.3, 0.4) is 0 Å². The summed E-state index contributed by atoms with van der Waals surface area (Å²) in [6.07, 6.45) is 6.59. The summed E-state index contributed by atoms with van der Waals surface area (Å²) in [7, 11) is 1.65. The number of amides is 1.